The van der Waals surface area contributed by atoms with Crippen molar-refractivity contribution in [2.75, 3.05) is 32.9 Å². The van der Waals surface area contributed by atoms with Crippen LogP contribution in [-0.2, 0) is 39.9 Å². The highest BCUT2D eigenvalue weighted by atomic mass is 35.6. The summed E-state index contributed by atoms with van der Waals surface area (Å²) in [5.74, 6) is -1.82. The summed E-state index contributed by atoms with van der Waals surface area (Å²) < 4.78 is 19.8. The molecule has 1 unspecified atom stereocenters. The van der Waals surface area contributed by atoms with Crippen molar-refractivity contribution in [3.05, 3.63) is 35.9 Å². The maximum Gasteiger partial charge on any atom is 0.330 e. The average molecular weight is 765 g/mol. The van der Waals surface area contributed by atoms with Gasteiger partial charge in [-0.25, -0.2) is 14.6 Å². The lowest BCUT2D eigenvalue weighted by Crippen LogP contribution is -2.55. The minimum absolute atomic E-state index is 0.0366. The number of halogens is 3. The van der Waals surface area contributed by atoms with E-state index in [4.69, 9.17) is 53.8 Å². The lowest BCUT2D eigenvalue weighted by atomic mass is 10.0. The first-order chi connectivity index (χ1) is 24.1. The molecular weight excluding hydrogens is 709 g/mol. The van der Waals surface area contributed by atoms with Crippen LogP contribution in [0.25, 0.3) is 0 Å². The number of urea groups is 1. The number of nitrogens with one attached hydrogen (secondary N) is 2. The van der Waals surface area contributed by atoms with Gasteiger partial charge in [0, 0.05) is 19.5 Å². The summed E-state index contributed by atoms with van der Waals surface area (Å²) in [7, 11) is 0. The molecule has 1 heterocycles. The summed E-state index contributed by atoms with van der Waals surface area (Å²) >= 11 is 17.2. The van der Waals surface area contributed by atoms with Crippen LogP contribution in [0, 0.1) is 0 Å². The number of ether oxygens (including phenoxy) is 4. The molecule has 0 aliphatic carbocycles. The Bertz CT molecular complexity index is 1100. The molecule has 0 saturated carbocycles. The Morgan fingerprint density at radius 1 is 0.820 bits per heavy atom. The van der Waals surface area contributed by atoms with E-state index in [1.54, 1.807) is 5.01 Å². The molecule has 1 saturated heterocycles. The van der Waals surface area contributed by atoms with Crippen LogP contribution in [0.15, 0.2) is 30.3 Å². The lowest BCUT2D eigenvalue weighted by molar-refractivity contribution is -0.157. The quantitative estimate of drug-likeness (QED) is 0.0444. The van der Waals surface area contributed by atoms with Gasteiger partial charge >= 0.3 is 23.9 Å². The highest BCUT2D eigenvalue weighted by Gasteiger charge is 2.29. The standard InChI is InChI=1S/C36H56Cl3N3O8/c1-2-3-4-5-6-7-8-9-10-11-15-19-30(26-33(44)49-28-36(37,38)39)50-34(45)31(40-35(46)41-42-22-24-47-25-23-42)20-16-21-32(43)48-27-29-17-13-12-14-18-29/h12-14,17-18,30-31H,2-11,15-16,19-28H2,1H3,(H2,40,41,46)/t30?,31-/m0/s1. The number of hydrogen-bond acceptors (Lipinski definition) is 9. The van der Waals surface area contributed by atoms with E-state index >= 15 is 0 Å². The van der Waals surface area contributed by atoms with E-state index < -0.39 is 46.5 Å². The molecule has 2 atom stereocenters. The van der Waals surface area contributed by atoms with Gasteiger partial charge in [0.2, 0.25) is 3.79 Å². The Hall–Kier alpha value is -2.31. The molecule has 1 aromatic rings. The molecule has 0 bridgehead atoms. The first-order valence-electron chi connectivity index (χ1n) is 18.1. The number of nitrogens with zero attached hydrogens (tertiary/aromatic N) is 1. The van der Waals surface area contributed by atoms with E-state index in [2.05, 4.69) is 17.7 Å². The van der Waals surface area contributed by atoms with Crippen molar-refractivity contribution in [1.82, 2.24) is 15.8 Å². The molecule has 2 rings (SSSR count). The fourth-order valence-corrected chi connectivity index (χ4v) is 5.58. The summed E-state index contributed by atoms with van der Waals surface area (Å²) in [5.41, 5.74) is 3.59. The van der Waals surface area contributed by atoms with Crippen LogP contribution >= 0.6 is 34.8 Å². The minimum Gasteiger partial charge on any atom is -0.461 e. The van der Waals surface area contributed by atoms with Crippen LogP contribution in [0.2, 0.25) is 0 Å². The SMILES string of the molecule is CCCCCCCCCCCCCC(CC(=O)OCC(Cl)(Cl)Cl)OC(=O)[C@H](CCCC(=O)OCc1ccccc1)NC(=O)NN1CCOCC1. The van der Waals surface area contributed by atoms with Crippen molar-refractivity contribution in [3.63, 3.8) is 0 Å². The second kappa shape index (κ2) is 26.5. The fraction of sp³-hybridized carbons (Fsp3) is 0.722. The van der Waals surface area contributed by atoms with Crippen molar-refractivity contribution in [3.8, 4) is 0 Å². The van der Waals surface area contributed by atoms with E-state index in [1.807, 2.05) is 30.3 Å². The number of rotatable bonds is 25. The van der Waals surface area contributed by atoms with E-state index in [1.165, 1.54) is 44.9 Å². The molecule has 284 valence electrons. The predicted octanol–water partition coefficient (Wildman–Crippen LogP) is 7.73. The molecule has 0 aromatic heterocycles. The number of amides is 2. The van der Waals surface area contributed by atoms with Crippen LogP contribution in [0.3, 0.4) is 0 Å². The van der Waals surface area contributed by atoms with Gasteiger partial charge in [0.15, 0.2) is 0 Å². The number of hydrazine groups is 1. The molecule has 0 spiro atoms. The Kier molecular flexibility index (Phi) is 23.2. The van der Waals surface area contributed by atoms with Gasteiger partial charge in [0.05, 0.1) is 19.6 Å². The zero-order valence-corrected chi connectivity index (χ0v) is 31.7. The number of carbonyl (C=O) groups excluding carboxylic acids is 4. The summed E-state index contributed by atoms with van der Waals surface area (Å²) in [6, 6.07) is 7.63. The summed E-state index contributed by atoms with van der Waals surface area (Å²) in [5, 5.41) is 4.38. The van der Waals surface area contributed by atoms with Gasteiger partial charge in [-0.3, -0.25) is 15.0 Å². The maximum absolute atomic E-state index is 13.5. The summed E-state index contributed by atoms with van der Waals surface area (Å²) in [6.45, 7) is 3.83. The van der Waals surface area contributed by atoms with Crippen LogP contribution in [0.4, 0.5) is 4.79 Å². The van der Waals surface area contributed by atoms with Gasteiger partial charge in [-0.05, 0) is 31.2 Å². The number of carbonyl (C=O) groups is 4. The lowest BCUT2D eigenvalue weighted by Gasteiger charge is -2.28. The molecule has 1 aromatic carbocycles. The molecule has 2 amide bonds. The molecule has 50 heavy (non-hydrogen) atoms. The molecular formula is C36H56Cl3N3O8. The monoisotopic (exact) mass is 763 g/mol. The van der Waals surface area contributed by atoms with E-state index in [9.17, 15) is 19.2 Å². The molecule has 0 radical (unpaired) electrons. The van der Waals surface area contributed by atoms with E-state index in [0.29, 0.717) is 32.7 Å². The third kappa shape index (κ3) is 22.5. The summed E-state index contributed by atoms with van der Waals surface area (Å²) in [4.78, 5) is 51.5. The number of morpholine rings is 1. The normalized spacial score (nSPS) is 14.7. The summed E-state index contributed by atoms with van der Waals surface area (Å²) in [6.07, 6.45) is 12.4. The topological polar surface area (TPSA) is 132 Å². The number of esters is 3. The molecule has 1 fully saturated rings. The Labute approximate surface area is 312 Å². The van der Waals surface area contributed by atoms with Gasteiger partial charge in [-0.15, -0.1) is 0 Å². The van der Waals surface area contributed by atoms with Gasteiger partial charge in [-0.1, -0.05) is 136 Å². The van der Waals surface area contributed by atoms with Gasteiger partial charge in [0.1, 0.15) is 25.4 Å². The third-order valence-corrected chi connectivity index (χ3v) is 8.51. The highest BCUT2D eigenvalue weighted by molar-refractivity contribution is 6.67. The molecule has 1 aliphatic rings. The van der Waals surface area contributed by atoms with Crippen molar-refractivity contribution < 1.29 is 38.1 Å². The highest BCUT2D eigenvalue weighted by Crippen LogP contribution is 2.26. The number of hydrogen-bond donors (Lipinski definition) is 2. The second-order valence-corrected chi connectivity index (χ2v) is 15.2. The smallest absolute Gasteiger partial charge is 0.330 e. The van der Waals surface area contributed by atoms with Crippen molar-refractivity contribution in [1.29, 1.82) is 0 Å². The van der Waals surface area contributed by atoms with Crippen LogP contribution < -0.4 is 10.7 Å². The molecule has 11 nitrogen and oxygen atoms in total. The zero-order chi connectivity index (χ0) is 36.5. The van der Waals surface area contributed by atoms with Gasteiger partial charge in [-0.2, -0.15) is 0 Å². The third-order valence-electron chi connectivity index (χ3n) is 8.18. The Morgan fingerprint density at radius 3 is 2.06 bits per heavy atom. The number of alkyl halides is 3. The Balaban J connectivity index is 1.95. The first-order valence-corrected chi connectivity index (χ1v) is 19.2. The van der Waals surface area contributed by atoms with Crippen LogP contribution in [0.5, 0.6) is 0 Å². The largest absolute Gasteiger partial charge is 0.461 e. The first kappa shape index (κ1) is 43.9. The van der Waals surface area contributed by atoms with E-state index in [0.717, 1.165) is 31.2 Å². The zero-order valence-electron chi connectivity index (χ0n) is 29.4. The van der Waals surface area contributed by atoms with Crippen molar-refractivity contribution in [2.24, 2.45) is 0 Å². The fourth-order valence-electron chi connectivity index (χ4n) is 5.41. The number of unbranched alkanes of at least 4 members (excludes halogenated alkanes) is 10. The van der Waals surface area contributed by atoms with Gasteiger partial charge in [0.25, 0.3) is 0 Å². The predicted molar refractivity (Wildman–Crippen MR) is 195 cm³/mol. The average Bonchev–Trinajstić information content (AvgIpc) is 3.09. The number of benzene rings is 1. The van der Waals surface area contributed by atoms with Gasteiger partial charge < -0.3 is 24.3 Å². The van der Waals surface area contributed by atoms with E-state index in [-0.39, 0.29) is 32.3 Å². The maximum atomic E-state index is 13.5. The molecule has 2 N–H and O–H groups in total. The molecule has 1 aliphatic heterocycles. The van der Waals surface area contributed by atoms with Crippen molar-refractivity contribution in [2.45, 2.75) is 132 Å². The minimum atomic E-state index is -1.77. The van der Waals surface area contributed by atoms with Crippen molar-refractivity contribution >= 4 is 58.7 Å². The van der Waals surface area contributed by atoms with Crippen LogP contribution in [0.1, 0.15) is 115 Å². The molecule has 14 heteroatoms. The second-order valence-electron chi connectivity index (χ2n) is 12.6. The van der Waals surface area contributed by atoms with Crippen LogP contribution in [-0.4, -0.2) is 77.8 Å². The Morgan fingerprint density at radius 2 is 1.44 bits per heavy atom.